The smallest absolute Gasteiger partial charge is 0.410 e. The molecule has 218 valence electrons. The summed E-state index contributed by atoms with van der Waals surface area (Å²) in [4.78, 5) is 27.4. The van der Waals surface area contributed by atoms with Gasteiger partial charge in [0, 0.05) is 29.6 Å². The second-order valence-corrected chi connectivity index (χ2v) is 12.8. The van der Waals surface area contributed by atoms with Gasteiger partial charge >= 0.3 is 6.09 Å². The molecule has 2 aromatic carbocycles. The van der Waals surface area contributed by atoms with Crippen molar-refractivity contribution in [1.82, 2.24) is 25.2 Å². The molecule has 5 rings (SSSR count). The number of hydrogen-bond donors (Lipinski definition) is 1. The molecule has 0 spiro atoms. The number of carbonyl (C=O) groups is 2. The quantitative estimate of drug-likeness (QED) is 0.307. The Morgan fingerprint density at radius 2 is 1.80 bits per heavy atom. The molecule has 11 heteroatoms. The summed E-state index contributed by atoms with van der Waals surface area (Å²) in [5.41, 5.74) is 1.60. The predicted octanol–water partition coefficient (Wildman–Crippen LogP) is 6.69. The van der Waals surface area contributed by atoms with E-state index in [1.807, 2.05) is 33.9 Å². The Kier molecular flexibility index (Phi) is 8.18. The van der Waals surface area contributed by atoms with Crippen LogP contribution in [0.1, 0.15) is 87.0 Å². The van der Waals surface area contributed by atoms with Crippen LogP contribution in [0, 0.1) is 17.6 Å². The number of rotatable bonds is 6. The van der Waals surface area contributed by atoms with E-state index in [0.717, 1.165) is 49.2 Å². The van der Waals surface area contributed by atoms with Gasteiger partial charge in [-0.05, 0) is 112 Å². The Balaban J connectivity index is 1.23. The molecule has 3 aromatic rings. The van der Waals surface area contributed by atoms with Gasteiger partial charge in [0.15, 0.2) is 0 Å². The third kappa shape index (κ3) is 6.77. The fourth-order valence-electron chi connectivity index (χ4n) is 5.27. The van der Waals surface area contributed by atoms with Crippen molar-refractivity contribution in [3.8, 4) is 5.69 Å². The van der Waals surface area contributed by atoms with E-state index in [1.165, 1.54) is 0 Å². The number of hydrogen-bond acceptors (Lipinski definition) is 5. The lowest BCUT2D eigenvalue weighted by Crippen LogP contribution is -2.46. The van der Waals surface area contributed by atoms with E-state index in [1.54, 1.807) is 33.8 Å². The first-order valence-corrected chi connectivity index (χ1v) is 14.7. The van der Waals surface area contributed by atoms with E-state index in [9.17, 15) is 18.4 Å². The highest BCUT2D eigenvalue weighted by atomic mass is 79.9. The van der Waals surface area contributed by atoms with Gasteiger partial charge in [0.25, 0.3) is 5.91 Å². The molecule has 2 aliphatic rings. The molecule has 3 unspecified atom stereocenters. The number of piperidine rings is 1. The third-order valence-corrected chi connectivity index (χ3v) is 8.19. The topological polar surface area (TPSA) is 89.4 Å². The first-order valence-electron chi connectivity index (χ1n) is 13.9. The zero-order chi connectivity index (χ0) is 29.5. The molecular formula is C30H34BrF2N5O3. The lowest BCUT2D eigenvalue weighted by atomic mass is 9.89. The van der Waals surface area contributed by atoms with Gasteiger partial charge in [0.2, 0.25) is 0 Å². The minimum atomic E-state index is -0.605. The average Bonchev–Trinajstić information content (AvgIpc) is 3.63. The fourth-order valence-corrected chi connectivity index (χ4v) is 5.58. The number of carbonyl (C=O) groups excluding carboxylic acids is 2. The SMILES string of the molecule is CC1CC(c2cn(-c3ccc(C(=O)NC(c4cc(F)c(Br)cc4F)C4CC4)cc3)nn2)CCN1C(=O)OC(C)(C)C. The Bertz CT molecular complexity index is 1430. The number of likely N-dealkylation sites (tertiary alicyclic amines) is 1. The third-order valence-electron chi connectivity index (χ3n) is 7.58. The molecule has 2 fully saturated rings. The van der Waals surface area contributed by atoms with Gasteiger partial charge in [-0.3, -0.25) is 4.79 Å². The molecule has 1 aromatic heterocycles. The van der Waals surface area contributed by atoms with Gasteiger partial charge in [-0.2, -0.15) is 0 Å². The van der Waals surface area contributed by atoms with E-state index in [4.69, 9.17) is 4.74 Å². The van der Waals surface area contributed by atoms with Crippen molar-refractivity contribution in [2.75, 3.05) is 6.54 Å². The maximum absolute atomic E-state index is 14.6. The summed E-state index contributed by atoms with van der Waals surface area (Å²) in [5.74, 6) is -1.26. The van der Waals surface area contributed by atoms with Crippen LogP contribution in [0.2, 0.25) is 0 Å². The van der Waals surface area contributed by atoms with Crippen LogP contribution in [0.15, 0.2) is 47.1 Å². The van der Waals surface area contributed by atoms with Crippen LogP contribution in [0.25, 0.3) is 5.69 Å². The Morgan fingerprint density at radius 3 is 2.44 bits per heavy atom. The summed E-state index contributed by atoms with van der Waals surface area (Å²) < 4.78 is 36.1. The maximum atomic E-state index is 14.6. The number of benzene rings is 2. The molecule has 8 nitrogen and oxygen atoms in total. The first-order chi connectivity index (χ1) is 19.4. The summed E-state index contributed by atoms with van der Waals surface area (Å²) in [6.07, 6.45) is 4.77. The fraction of sp³-hybridized carbons (Fsp3) is 0.467. The molecule has 1 saturated heterocycles. The summed E-state index contributed by atoms with van der Waals surface area (Å²) in [7, 11) is 0. The Hall–Kier alpha value is -3.34. The van der Waals surface area contributed by atoms with Crippen LogP contribution in [-0.2, 0) is 4.74 Å². The summed E-state index contributed by atoms with van der Waals surface area (Å²) >= 11 is 3.01. The highest BCUT2D eigenvalue weighted by molar-refractivity contribution is 9.10. The van der Waals surface area contributed by atoms with Crippen molar-refractivity contribution in [2.45, 2.75) is 77.0 Å². The molecule has 1 N–H and O–H groups in total. The first kappa shape index (κ1) is 29.2. The van der Waals surface area contributed by atoms with Crippen LogP contribution >= 0.6 is 15.9 Å². The van der Waals surface area contributed by atoms with E-state index in [2.05, 4.69) is 31.6 Å². The second-order valence-electron chi connectivity index (χ2n) is 12.0. The molecule has 3 atom stereocenters. The number of halogens is 3. The highest BCUT2D eigenvalue weighted by Gasteiger charge is 2.36. The molecular weight excluding hydrogens is 596 g/mol. The van der Waals surface area contributed by atoms with Crippen molar-refractivity contribution in [3.63, 3.8) is 0 Å². The van der Waals surface area contributed by atoms with Crippen LogP contribution < -0.4 is 5.32 Å². The predicted molar refractivity (Wildman–Crippen MR) is 153 cm³/mol. The summed E-state index contributed by atoms with van der Waals surface area (Å²) in [5, 5.41) is 11.6. The average molecular weight is 631 g/mol. The van der Waals surface area contributed by atoms with E-state index in [-0.39, 0.29) is 39.9 Å². The molecule has 1 aliphatic carbocycles. The monoisotopic (exact) mass is 629 g/mol. The van der Waals surface area contributed by atoms with Gasteiger partial charge in [0.05, 0.1) is 28.1 Å². The van der Waals surface area contributed by atoms with Crippen molar-refractivity contribution in [3.05, 3.63) is 75.5 Å². The van der Waals surface area contributed by atoms with Crippen molar-refractivity contribution in [2.24, 2.45) is 5.92 Å². The number of nitrogens with zero attached hydrogens (tertiary/aromatic N) is 4. The molecule has 41 heavy (non-hydrogen) atoms. The van der Waals surface area contributed by atoms with Gasteiger partial charge in [0.1, 0.15) is 17.2 Å². The molecule has 2 amide bonds. The van der Waals surface area contributed by atoms with Crippen molar-refractivity contribution in [1.29, 1.82) is 0 Å². The Labute approximate surface area is 246 Å². The largest absolute Gasteiger partial charge is 0.444 e. The van der Waals surface area contributed by atoms with E-state index < -0.39 is 23.3 Å². The van der Waals surface area contributed by atoms with Crippen LogP contribution in [0.5, 0.6) is 0 Å². The molecule has 0 radical (unpaired) electrons. The van der Waals surface area contributed by atoms with Crippen molar-refractivity contribution < 1.29 is 23.1 Å². The summed E-state index contributed by atoms with van der Waals surface area (Å²) in [6.45, 7) is 8.17. The van der Waals surface area contributed by atoms with Gasteiger partial charge < -0.3 is 15.0 Å². The standard InChI is InChI=1S/C30H34BrF2N5O3/c1-17-13-20(11-12-37(17)29(40)41-30(2,3)4)26-16-38(36-35-26)21-9-7-19(8-10-21)28(39)34-27(18-5-6-18)22-14-25(33)23(31)15-24(22)32/h7-10,14-18,20,27H,5-6,11-13H2,1-4H3,(H,34,39). The van der Waals surface area contributed by atoms with Crippen LogP contribution in [0.3, 0.4) is 0 Å². The minimum absolute atomic E-state index is 0.00777. The van der Waals surface area contributed by atoms with Crippen LogP contribution in [0.4, 0.5) is 13.6 Å². The van der Waals surface area contributed by atoms with E-state index >= 15 is 0 Å². The lowest BCUT2D eigenvalue weighted by molar-refractivity contribution is 0.0102. The maximum Gasteiger partial charge on any atom is 0.410 e. The number of ether oxygens (including phenoxy) is 1. The van der Waals surface area contributed by atoms with Gasteiger partial charge in [-0.15, -0.1) is 5.10 Å². The lowest BCUT2D eigenvalue weighted by Gasteiger charge is -2.37. The zero-order valence-electron chi connectivity index (χ0n) is 23.5. The molecule has 1 saturated carbocycles. The van der Waals surface area contributed by atoms with E-state index in [0.29, 0.717) is 12.1 Å². The van der Waals surface area contributed by atoms with Crippen molar-refractivity contribution >= 4 is 27.9 Å². The Morgan fingerprint density at radius 1 is 1.10 bits per heavy atom. The van der Waals surface area contributed by atoms with Gasteiger partial charge in [-0.1, -0.05) is 5.21 Å². The minimum Gasteiger partial charge on any atom is -0.444 e. The zero-order valence-corrected chi connectivity index (χ0v) is 25.1. The molecule has 0 bridgehead atoms. The molecule has 1 aliphatic heterocycles. The van der Waals surface area contributed by atoms with Crippen LogP contribution in [-0.4, -0.2) is 50.1 Å². The summed E-state index contributed by atoms with van der Waals surface area (Å²) in [6, 6.07) is 8.54. The number of aromatic nitrogens is 3. The normalized spacial score (nSPS) is 20.0. The van der Waals surface area contributed by atoms with Gasteiger partial charge in [-0.25, -0.2) is 18.3 Å². The number of nitrogens with one attached hydrogen (secondary N) is 1. The second kappa shape index (κ2) is 11.5. The highest BCUT2D eigenvalue weighted by Crippen LogP contribution is 2.42. The number of amides is 2. The molecule has 2 heterocycles.